The van der Waals surface area contributed by atoms with Crippen LogP contribution in [0.5, 0.6) is 0 Å². The summed E-state index contributed by atoms with van der Waals surface area (Å²) < 4.78 is 0. The van der Waals surface area contributed by atoms with E-state index in [1.807, 2.05) is 0 Å². The van der Waals surface area contributed by atoms with Crippen LogP contribution in [0.1, 0.15) is 43.7 Å². The van der Waals surface area contributed by atoms with Crippen molar-refractivity contribution in [3.63, 3.8) is 0 Å². The van der Waals surface area contributed by atoms with Crippen molar-refractivity contribution in [1.29, 1.82) is 0 Å². The Balaban J connectivity index is 1.66. The number of hydrogen-bond acceptors (Lipinski definition) is 2. The molecule has 1 aromatic carbocycles. The van der Waals surface area contributed by atoms with Gasteiger partial charge in [0.05, 0.1) is 0 Å². The Labute approximate surface area is 129 Å². The highest BCUT2D eigenvalue weighted by Gasteiger charge is 2.30. The van der Waals surface area contributed by atoms with Gasteiger partial charge in [0.2, 0.25) is 0 Å². The highest BCUT2D eigenvalue weighted by molar-refractivity contribution is 5.28. The average Bonchev–Trinajstić information content (AvgIpc) is 2.73. The minimum atomic E-state index is 0.604. The summed E-state index contributed by atoms with van der Waals surface area (Å²) in [6.07, 6.45) is 7.94. The van der Waals surface area contributed by atoms with Crippen LogP contribution in [0.2, 0.25) is 0 Å². The lowest BCUT2D eigenvalue weighted by molar-refractivity contribution is 0.116. The zero-order valence-electron chi connectivity index (χ0n) is 13.4. The molecule has 0 aromatic heterocycles. The van der Waals surface area contributed by atoms with Gasteiger partial charge < -0.3 is 5.73 Å². The largest absolute Gasteiger partial charge is 0.329 e. The summed E-state index contributed by atoms with van der Waals surface area (Å²) in [6, 6.07) is 9.57. The molecule has 1 saturated carbocycles. The Morgan fingerprint density at radius 1 is 1.05 bits per heavy atom. The van der Waals surface area contributed by atoms with Crippen LogP contribution >= 0.6 is 0 Å². The van der Waals surface area contributed by atoms with Crippen molar-refractivity contribution in [2.24, 2.45) is 17.6 Å². The average molecular weight is 286 g/mol. The van der Waals surface area contributed by atoms with Gasteiger partial charge in [0.25, 0.3) is 0 Å². The highest BCUT2D eigenvalue weighted by atomic mass is 15.2. The fourth-order valence-corrected chi connectivity index (χ4v) is 4.33. The topological polar surface area (TPSA) is 29.3 Å². The van der Waals surface area contributed by atoms with Crippen molar-refractivity contribution in [3.05, 3.63) is 35.4 Å². The molecule has 1 aliphatic heterocycles. The molecule has 0 saturated heterocycles. The molecule has 2 aliphatic rings. The number of hydrogen-bond donors (Lipinski definition) is 1. The van der Waals surface area contributed by atoms with E-state index < -0.39 is 0 Å². The number of rotatable bonds is 3. The molecule has 2 heteroatoms. The van der Waals surface area contributed by atoms with Crippen molar-refractivity contribution in [2.75, 3.05) is 19.6 Å². The Hall–Kier alpha value is -0.860. The maximum Gasteiger partial charge on any atom is 0.0246 e. The van der Waals surface area contributed by atoms with E-state index in [4.69, 9.17) is 5.73 Å². The molecular formula is C19H30N2. The Kier molecular flexibility index (Phi) is 4.97. The van der Waals surface area contributed by atoms with Crippen molar-refractivity contribution >= 4 is 0 Å². The van der Waals surface area contributed by atoms with Crippen LogP contribution in [0.4, 0.5) is 0 Å². The van der Waals surface area contributed by atoms with Crippen LogP contribution in [0.15, 0.2) is 24.3 Å². The minimum absolute atomic E-state index is 0.604. The molecule has 1 aromatic rings. The van der Waals surface area contributed by atoms with Crippen LogP contribution in [0.3, 0.4) is 0 Å². The Morgan fingerprint density at radius 3 is 2.14 bits per heavy atom. The van der Waals surface area contributed by atoms with E-state index in [0.29, 0.717) is 6.04 Å². The lowest BCUT2D eigenvalue weighted by Gasteiger charge is -2.39. The van der Waals surface area contributed by atoms with Crippen LogP contribution in [0.25, 0.3) is 0 Å². The van der Waals surface area contributed by atoms with E-state index in [0.717, 1.165) is 18.4 Å². The molecule has 2 nitrogen and oxygen atoms in total. The molecule has 0 amide bonds. The summed E-state index contributed by atoms with van der Waals surface area (Å²) in [5.41, 5.74) is 9.28. The van der Waals surface area contributed by atoms with Crippen LogP contribution < -0.4 is 5.73 Å². The number of fused-ring (bicyclic) bond motifs is 1. The van der Waals surface area contributed by atoms with Gasteiger partial charge in [0, 0.05) is 25.7 Å². The molecule has 21 heavy (non-hydrogen) atoms. The molecule has 1 heterocycles. The first-order chi connectivity index (χ1) is 10.3. The van der Waals surface area contributed by atoms with Gasteiger partial charge in [-0.05, 0) is 48.6 Å². The molecule has 2 N–H and O–H groups in total. The molecule has 1 fully saturated rings. The van der Waals surface area contributed by atoms with Gasteiger partial charge in [0.15, 0.2) is 0 Å². The van der Waals surface area contributed by atoms with Gasteiger partial charge in [-0.25, -0.2) is 0 Å². The quantitative estimate of drug-likeness (QED) is 0.924. The third-order valence-electron chi connectivity index (χ3n) is 5.77. The van der Waals surface area contributed by atoms with Gasteiger partial charge >= 0.3 is 0 Å². The maximum atomic E-state index is 6.18. The summed E-state index contributed by atoms with van der Waals surface area (Å²) in [5, 5.41) is 0. The molecule has 3 rings (SSSR count). The van der Waals surface area contributed by atoms with Gasteiger partial charge in [0.1, 0.15) is 0 Å². The number of nitrogens with zero attached hydrogens (tertiary/aromatic N) is 1. The summed E-state index contributed by atoms with van der Waals surface area (Å²) in [6.45, 7) is 5.60. The van der Waals surface area contributed by atoms with Gasteiger partial charge in [-0.15, -0.1) is 0 Å². The zero-order valence-corrected chi connectivity index (χ0v) is 13.4. The SMILES string of the molecule is CC1CCC(C(CN)N2CCc3ccccc3CC2)CC1. The second kappa shape index (κ2) is 6.93. The van der Waals surface area contributed by atoms with Crippen molar-refractivity contribution < 1.29 is 0 Å². The van der Waals surface area contributed by atoms with Gasteiger partial charge in [-0.1, -0.05) is 44.0 Å². The third kappa shape index (κ3) is 3.49. The summed E-state index contributed by atoms with van der Waals surface area (Å²) in [5.74, 6) is 1.75. The van der Waals surface area contributed by atoms with Crippen molar-refractivity contribution in [1.82, 2.24) is 4.90 Å². The Morgan fingerprint density at radius 2 is 1.62 bits per heavy atom. The Bertz CT molecular complexity index is 422. The molecule has 0 spiro atoms. The second-order valence-corrected chi connectivity index (χ2v) is 7.13. The van der Waals surface area contributed by atoms with E-state index in [1.165, 1.54) is 51.6 Å². The molecule has 0 bridgehead atoms. The van der Waals surface area contributed by atoms with Crippen molar-refractivity contribution in [3.8, 4) is 0 Å². The predicted octanol–water partition coefficient (Wildman–Crippen LogP) is 3.24. The second-order valence-electron chi connectivity index (χ2n) is 7.13. The predicted molar refractivity (Wildman–Crippen MR) is 89.4 cm³/mol. The van der Waals surface area contributed by atoms with E-state index in [-0.39, 0.29) is 0 Å². The lowest BCUT2D eigenvalue weighted by Crippen LogP contribution is -2.47. The fraction of sp³-hybridized carbons (Fsp3) is 0.684. The number of benzene rings is 1. The molecule has 1 unspecified atom stereocenters. The standard InChI is InChI=1S/C19H30N2/c1-15-6-8-18(9-7-15)19(14-20)21-12-10-16-4-2-3-5-17(16)11-13-21/h2-5,15,18-19H,6-14,20H2,1H3. The lowest BCUT2D eigenvalue weighted by atomic mass is 9.78. The van der Waals surface area contributed by atoms with E-state index >= 15 is 0 Å². The third-order valence-corrected chi connectivity index (χ3v) is 5.77. The molecule has 1 aliphatic carbocycles. The van der Waals surface area contributed by atoms with Crippen LogP contribution in [0, 0.1) is 11.8 Å². The van der Waals surface area contributed by atoms with Gasteiger partial charge in [-0.3, -0.25) is 4.90 Å². The summed E-state index contributed by atoms with van der Waals surface area (Å²) in [4.78, 5) is 2.70. The first kappa shape index (κ1) is 15.1. The molecule has 0 radical (unpaired) electrons. The van der Waals surface area contributed by atoms with Crippen LogP contribution in [-0.2, 0) is 12.8 Å². The van der Waals surface area contributed by atoms with Crippen LogP contribution in [-0.4, -0.2) is 30.6 Å². The first-order valence-corrected chi connectivity index (χ1v) is 8.79. The molecule has 1 atom stereocenters. The van der Waals surface area contributed by atoms with E-state index in [2.05, 4.69) is 36.1 Å². The maximum absolute atomic E-state index is 6.18. The summed E-state index contributed by atoms with van der Waals surface area (Å²) >= 11 is 0. The minimum Gasteiger partial charge on any atom is -0.329 e. The normalized spacial score (nSPS) is 28.7. The van der Waals surface area contributed by atoms with E-state index in [9.17, 15) is 0 Å². The van der Waals surface area contributed by atoms with E-state index in [1.54, 1.807) is 11.1 Å². The smallest absolute Gasteiger partial charge is 0.0246 e. The van der Waals surface area contributed by atoms with Gasteiger partial charge in [-0.2, -0.15) is 0 Å². The molecular weight excluding hydrogens is 256 g/mol. The first-order valence-electron chi connectivity index (χ1n) is 8.79. The molecule has 116 valence electrons. The zero-order chi connectivity index (χ0) is 14.7. The fourth-order valence-electron chi connectivity index (χ4n) is 4.33. The monoisotopic (exact) mass is 286 g/mol. The highest BCUT2D eigenvalue weighted by Crippen LogP contribution is 2.32. The number of nitrogens with two attached hydrogens (primary N) is 1. The summed E-state index contributed by atoms with van der Waals surface area (Å²) in [7, 11) is 0. The van der Waals surface area contributed by atoms with Crippen molar-refractivity contribution in [2.45, 2.75) is 51.5 Å².